The van der Waals surface area contributed by atoms with Gasteiger partial charge in [0.05, 0.1) is 4.92 Å². The number of hydrogen-bond donors (Lipinski definition) is 0. The van der Waals surface area contributed by atoms with Crippen molar-refractivity contribution in [3.05, 3.63) is 33.6 Å². The number of Topliss-reactive ketones (excluding diaryl/α,β-unsaturated/α-hetero) is 1. The Balaban J connectivity index is 2.14. The molecule has 0 unspecified atom stereocenters. The Morgan fingerprint density at radius 3 is 2.75 bits per heavy atom. The molecule has 1 aromatic heterocycles. The molecule has 0 amide bonds. The number of nitrogens with zero attached hydrogens (tertiary/aromatic N) is 2. The lowest BCUT2D eigenvalue weighted by Gasteiger charge is -2.01. The van der Waals surface area contributed by atoms with Crippen molar-refractivity contribution in [3.8, 4) is 0 Å². The number of nitro groups is 1. The lowest BCUT2D eigenvalue weighted by atomic mass is 10.1. The molecule has 0 radical (unpaired) electrons. The number of carbonyl (C=O) groups is 1. The molecule has 0 spiro atoms. The van der Waals surface area contributed by atoms with Crippen molar-refractivity contribution < 1.29 is 9.72 Å². The molecule has 2 rings (SSSR count). The molecule has 0 saturated heterocycles. The van der Waals surface area contributed by atoms with Crippen LogP contribution in [-0.2, 0) is 11.2 Å². The van der Waals surface area contributed by atoms with Crippen LogP contribution in [0.5, 0.6) is 0 Å². The minimum atomic E-state index is -0.463. The second kappa shape index (κ2) is 4.00. The molecular weight excluding hydrogens is 208 g/mol. The predicted molar refractivity (Wildman–Crippen MR) is 57.1 cm³/mol. The first-order valence-corrected chi connectivity index (χ1v) is 5.21. The fourth-order valence-corrected chi connectivity index (χ4v) is 1.63. The molecule has 1 heterocycles. The van der Waals surface area contributed by atoms with E-state index in [1.807, 2.05) is 0 Å². The van der Waals surface area contributed by atoms with Crippen LogP contribution < -0.4 is 0 Å². The predicted octanol–water partition coefficient (Wildman–Crippen LogP) is 1.82. The molecule has 1 aromatic rings. The highest BCUT2D eigenvalue weighted by Gasteiger charge is 2.29. The van der Waals surface area contributed by atoms with Gasteiger partial charge in [0.15, 0.2) is 0 Å². The second-order valence-electron chi connectivity index (χ2n) is 4.08. The Labute approximate surface area is 92.6 Å². The minimum Gasteiger partial charge on any atom is -0.299 e. The Morgan fingerprint density at radius 1 is 1.56 bits per heavy atom. The van der Waals surface area contributed by atoms with E-state index in [0.717, 1.165) is 12.8 Å². The summed E-state index contributed by atoms with van der Waals surface area (Å²) in [6, 6.07) is 2.98. The summed E-state index contributed by atoms with van der Waals surface area (Å²) < 4.78 is 0. The van der Waals surface area contributed by atoms with Gasteiger partial charge in [-0.1, -0.05) is 0 Å². The third kappa shape index (κ3) is 2.24. The minimum absolute atomic E-state index is 0.00243. The summed E-state index contributed by atoms with van der Waals surface area (Å²) in [4.78, 5) is 25.7. The van der Waals surface area contributed by atoms with E-state index in [2.05, 4.69) is 4.98 Å². The lowest BCUT2D eigenvalue weighted by Crippen LogP contribution is -2.07. The zero-order valence-electron chi connectivity index (χ0n) is 8.97. The van der Waals surface area contributed by atoms with E-state index in [1.165, 1.54) is 6.07 Å². The van der Waals surface area contributed by atoms with E-state index in [4.69, 9.17) is 0 Å². The summed E-state index contributed by atoms with van der Waals surface area (Å²) in [6.07, 6.45) is 2.25. The highest BCUT2D eigenvalue weighted by molar-refractivity contribution is 5.84. The van der Waals surface area contributed by atoms with E-state index in [1.54, 1.807) is 13.0 Å². The topological polar surface area (TPSA) is 73.1 Å². The molecule has 84 valence electrons. The van der Waals surface area contributed by atoms with Crippen molar-refractivity contribution >= 4 is 11.5 Å². The van der Waals surface area contributed by atoms with E-state index in [9.17, 15) is 14.9 Å². The van der Waals surface area contributed by atoms with E-state index in [0.29, 0.717) is 17.8 Å². The fourth-order valence-electron chi connectivity index (χ4n) is 1.63. The van der Waals surface area contributed by atoms with Gasteiger partial charge in [0, 0.05) is 24.1 Å². The molecule has 16 heavy (non-hydrogen) atoms. The normalized spacial score (nSPS) is 14.8. The average Bonchev–Trinajstić information content (AvgIpc) is 2.99. The first kappa shape index (κ1) is 10.7. The van der Waals surface area contributed by atoms with Gasteiger partial charge in [-0.2, -0.15) is 0 Å². The van der Waals surface area contributed by atoms with Crippen molar-refractivity contribution in [2.24, 2.45) is 5.92 Å². The third-order valence-electron chi connectivity index (χ3n) is 2.70. The van der Waals surface area contributed by atoms with Crippen LogP contribution in [0, 0.1) is 23.0 Å². The maximum absolute atomic E-state index is 11.5. The number of aromatic nitrogens is 1. The number of ketones is 1. The van der Waals surface area contributed by atoms with E-state index >= 15 is 0 Å². The highest BCUT2D eigenvalue weighted by Crippen LogP contribution is 2.30. The first-order chi connectivity index (χ1) is 7.58. The maximum Gasteiger partial charge on any atom is 0.290 e. The molecule has 0 atom stereocenters. The molecule has 1 saturated carbocycles. The van der Waals surface area contributed by atoms with E-state index < -0.39 is 4.92 Å². The number of aryl methyl sites for hydroxylation is 1. The van der Waals surface area contributed by atoms with Crippen molar-refractivity contribution in [1.29, 1.82) is 0 Å². The fraction of sp³-hybridized carbons (Fsp3) is 0.455. The first-order valence-electron chi connectivity index (χ1n) is 5.21. The van der Waals surface area contributed by atoms with Crippen LogP contribution in [0.4, 0.5) is 5.69 Å². The molecule has 0 aromatic carbocycles. The van der Waals surface area contributed by atoms with Gasteiger partial charge in [-0.05, 0) is 25.8 Å². The van der Waals surface area contributed by atoms with Crippen molar-refractivity contribution in [3.63, 3.8) is 0 Å². The van der Waals surface area contributed by atoms with Crippen LogP contribution in [0.2, 0.25) is 0 Å². The van der Waals surface area contributed by atoms with Gasteiger partial charge in [0.2, 0.25) is 0 Å². The summed E-state index contributed by atoms with van der Waals surface area (Å²) in [6.45, 7) is 1.59. The molecule has 1 fully saturated rings. The molecule has 0 aliphatic heterocycles. The summed E-state index contributed by atoms with van der Waals surface area (Å²) in [7, 11) is 0. The van der Waals surface area contributed by atoms with Crippen LogP contribution in [0.15, 0.2) is 12.1 Å². The highest BCUT2D eigenvalue weighted by atomic mass is 16.6. The van der Waals surface area contributed by atoms with E-state index in [-0.39, 0.29) is 17.4 Å². The van der Waals surface area contributed by atoms with Gasteiger partial charge in [-0.3, -0.25) is 19.9 Å². The van der Waals surface area contributed by atoms with Crippen LogP contribution in [0.3, 0.4) is 0 Å². The molecule has 0 bridgehead atoms. The van der Waals surface area contributed by atoms with Crippen molar-refractivity contribution in [2.75, 3.05) is 0 Å². The summed E-state index contributed by atoms with van der Waals surface area (Å²) in [5, 5.41) is 10.6. The Hall–Kier alpha value is -1.78. The van der Waals surface area contributed by atoms with Gasteiger partial charge in [0.25, 0.3) is 5.69 Å². The zero-order valence-corrected chi connectivity index (χ0v) is 8.97. The van der Waals surface area contributed by atoms with Gasteiger partial charge < -0.3 is 0 Å². The maximum atomic E-state index is 11.5. The summed E-state index contributed by atoms with van der Waals surface area (Å²) in [5.74, 6) is 0.401. The molecule has 5 nitrogen and oxygen atoms in total. The number of pyridine rings is 1. The number of hydrogen-bond acceptors (Lipinski definition) is 4. The lowest BCUT2D eigenvalue weighted by molar-refractivity contribution is -0.385. The van der Waals surface area contributed by atoms with Crippen LogP contribution in [0.25, 0.3) is 0 Å². The van der Waals surface area contributed by atoms with Gasteiger partial charge in [-0.15, -0.1) is 0 Å². The molecular formula is C11H12N2O3. The van der Waals surface area contributed by atoms with Gasteiger partial charge in [-0.25, -0.2) is 0 Å². The Kier molecular flexibility index (Phi) is 2.68. The standard InChI is InChI=1S/C11H12N2O3/c1-7-10(13(15)16)5-4-9(12-7)6-11(14)8-2-3-8/h4-5,8H,2-3,6H2,1H3. The summed E-state index contributed by atoms with van der Waals surface area (Å²) >= 11 is 0. The number of carbonyl (C=O) groups excluding carboxylic acids is 1. The van der Waals surface area contributed by atoms with Crippen LogP contribution in [0.1, 0.15) is 24.2 Å². The van der Waals surface area contributed by atoms with Crippen molar-refractivity contribution in [2.45, 2.75) is 26.2 Å². The average molecular weight is 220 g/mol. The Morgan fingerprint density at radius 2 is 2.25 bits per heavy atom. The molecule has 1 aliphatic rings. The van der Waals surface area contributed by atoms with Crippen molar-refractivity contribution in [1.82, 2.24) is 4.98 Å². The quantitative estimate of drug-likeness (QED) is 0.573. The Bertz CT molecular complexity index is 453. The molecule has 1 aliphatic carbocycles. The SMILES string of the molecule is Cc1nc(CC(=O)C2CC2)ccc1[N+](=O)[O-]. The van der Waals surface area contributed by atoms with Crippen LogP contribution in [-0.4, -0.2) is 15.7 Å². The third-order valence-corrected chi connectivity index (χ3v) is 2.70. The van der Waals surface area contributed by atoms with Gasteiger partial charge in [0.1, 0.15) is 11.5 Å². The number of rotatable bonds is 4. The molecule has 0 N–H and O–H groups in total. The zero-order chi connectivity index (χ0) is 11.7. The summed E-state index contributed by atoms with van der Waals surface area (Å²) in [5.41, 5.74) is 0.994. The second-order valence-corrected chi connectivity index (χ2v) is 4.08. The van der Waals surface area contributed by atoms with Gasteiger partial charge >= 0.3 is 0 Å². The smallest absolute Gasteiger partial charge is 0.290 e. The largest absolute Gasteiger partial charge is 0.299 e. The molecule has 5 heteroatoms. The van der Waals surface area contributed by atoms with Crippen LogP contribution >= 0.6 is 0 Å². The monoisotopic (exact) mass is 220 g/mol.